The summed E-state index contributed by atoms with van der Waals surface area (Å²) in [6.45, 7) is 4.56. The second kappa shape index (κ2) is 6.68. The van der Waals surface area contributed by atoms with Crippen LogP contribution in [0.2, 0.25) is 0 Å². The Morgan fingerprint density at radius 2 is 2.00 bits per heavy atom. The normalized spacial score (nSPS) is 10.6. The number of benzene rings is 1. The number of nitrogens with one attached hydrogen (secondary N) is 1. The summed E-state index contributed by atoms with van der Waals surface area (Å²) in [5.74, 6) is -0.0504. The van der Waals surface area contributed by atoms with E-state index in [0.717, 1.165) is 22.4 Å². The molecule has 0 saturated carbocycles. The van der Waals surface area contributed by atoms with Gasteiger partial charge in [-0.3, -0.25) is 4.79 Å². The highest BCUT2D eigenvalue weighted by Gasteiger charge is 2.11. The molecule has 0 atom stereocenters. The minimum Gasteiger partial charge on any atom is -0.392 e. The first kappa shape index (κ1) is 14.8. The number of hydrogen-bond donors (Lipinski definition) is 2. The molecule has 0 aliphatic heterocycles. The van der Waals surface area contributed by atoms with E-state index in [0.29, 0.717) is 6.54 Å². The van der Waals surface area contributed by atoms with Gasteiger partial charge in [-0.2, -0.15) is 0 Å². The molecule has 0 unspecified atom stereocenters. The molecular formula is C16H19NO2S. The molecule has 2 rings (SSSR count). The van der Waals surface area contributed by atoms with Crippen LogP contribution in [0.5, 0.6) is 0 Å². The van der Waals surface area contributed by atoms with E-state index in [4.69, 9.17) is 0 Å². The number of aryl methyl sites for hydroxylation is 2. The first-order valence-electron chi connectivity index (χ1n) is 6.70. The van der Waals surface area contributed by atoms with Crippen LogP contribution >= 0.6 is 11.3 Å². The Bertz CT molecular complexity index is 604. The number of amides is 1. The summed E-state index contributed by atoms with van der Waals surface area (Å²) in [6.07, 6.45) is 0.955. The van der Waals surface area contributed by atoms with E-state index in [2.05, 4.69) is 12.2 Å². The summed E-state index contributed by atoms with van der Waals surface area (Å²) in [4.78, 5) is 14.1. The summed E-state index contributed by atoms with van der Waals surface area (Å²) in [5, 5.41) is 12.2. The molecule has 2 aromatic rings. The standard InChI is InChI=1S/C16H19NO2S/c1-3-14-11(2)8-15(20-14)16(19)17-9-12-6-4-5-7-13(12)10-18/h4-8,18H,3,9-10H2,1-2H3,(H,17,19). The number of carbonyl (C=O) groups is 1. The molecule has 0 aliphatic rings. The van der Waals surface area contributed by atoms with Crippen molar-refractivity contribution in [2.45, 2.75) is 33.4 Å². The lowest BCUT2D eigenvalue weighted by atomic mass is 10.1. The smallest absolute Gasteiger partial charge is 0.261 e. The molecule has 0 aliphatic carbocycles. The van der Waals surface area contributed by atoms with Gasteiger partial charge in [0.05, 0.1) is 11.5 Å². The fraction of sp³-hybridized carbons (Fsp3) is 0.312. The Morgan fingerprint density at radius 1 is 1.30 bits per heavy atom. The topological polar surface area (TPSA) is 49.3 Å². The fourth-order valence-corrected chi connectivity index (χ4v) is 3.16. The second-order valence-corrected chi connectivity index (χ2v) is 5.82. The molecule has 4 heteroatoms. The van der Waals surface area contributed by atoms with Gasteiger partial charge in [0.2, 0.25) is 0 Å². The third-order valence-electron chi connectivity index (χ3n) is 3.29. The van der Waals surface area contributed by atoms with Crippen molar-refractivity contribution in [1.29, 1.82) is 0 Å². The second-order valence-electron chi connectivity index (χ2n) is 4.68. The van der Waals surface area contributed by atoms with Crippen LogP contribution in [-0.4, -0.2) is 11.0 Å². The molecule has 2 N–H and O–H groups in total. The van der Waals surface area contributed by atoms with Crippen LogP contribution < -0.4 is 5.32 Å². The van der Waals surface area contributed by atoms with Crippen molar-refractivity contribution < 1.29 is 9.90 Å². The third-order valence-corrected chi connectivity index (χ3v) is 4.67. The zero-order valence-corrected chi connectivity index (χ0v) is 12.6. The zero-order valence-electron chi connectivity index (χ0n) is 11.8. The van der Waals surface area contributed by atoms with Gasteiger partial charge in [0.15, 0.2) is 0 Å². The number of rotatable bonds is 5. The Hall–Kier alpha value is -1.65. The van der Waals surface area contributed by atoms with Crippen molar-refractivity contribution in [1.82, 2.24) is 5.32 Å². The maximum Gasteiger partial charge on any atom is 0.261 e. The number of aliphatic hydroxyl groups is 1. The lowest BCUT2D eigenvalue weighted by Gasteiger charge is -2.08. The molecular weight excluding hydrogens is 270 g/mol. The number of carbonyl (C=O) groups excluding carboxylic acids is 1. The van der Waals surface area contributed by atoms with Gasteiger partial charge < -0.3 is 10.4 Å². The van der Waals surface area contributed by atoms with Gasteiger partial charge in [0.25, 0.3) is 5.91 Å². The Labute approximate surface area is 123 Å². The van der Waals surface area contributed by atoms with E-state index >= 15 is 0 Å². The number of hydrogen-bond acceptors (Lipinski definition) is 3. The van der Waals surface area contributed by atoms with Crippen LogP contribution in [0, 0.1) is 6.92 Å². The van der Waals surface area contributed by atoms with E-state index in [1.165, 1.54) is 10.4 Å². The molecule has 0 bridgehead atoms. The molecule has 0 spiro atoms. The van der Waals surface area contributed by atoms with Gasteiger partial charge in [-0.1, -0.05) is 31.2 Å². The van der Waals surface area contributed by atoms with Crippen LogP contribution in [0.1, 0.15) is 38.2 Å². The lowest BCUT2D eigenvalue weighted by Crippen LogP contribution is -2.22. The SMILES string of the molecule is CCc1sc(C(=O)NCc2ccccc2CO)cc1C. The highest BCUT2D eigenvalue weighted by Crippen LogP contribution is 2.22. The fourth-order valence-electron chi connectivity index (χ4n) is 2.13. The molecule has 1 aromatic heterocycles. The van der Waals surface area contributed by atoms with Crippen LogP contribution in [0.15, 0.2) is 30.3 Å². The van der Waals surface area contributed by atoms with Crippen molar-refractivity contribution in [3.05, 3.63) is 56.8 Å². The third kappa shape index (κ3) is 3.26. The van der Waals surface area contributed by atoms with E-state index in [1.54, 1.807) is 11.3 Å². The molecule has 0 radical (unpaired) electrons. The van der Waals surface area contributed by atoms with Crippen molar-refractivity contribution in [3.8, 4) is 0 Å². The van der Waals surface area contributed by atoms with Gasteiger partial charge in [-0.05, 0) is 36.1 Å². The largest absolute Gasteiger partial charge is 0.392 e. The minimum absolute atomic E-state index is 0.00978. The summed E-state index contributed by atoms with van der Waals surface area (Å²) < 4.78 is 0. The molecule has 0 fully saturated rings. The van der Waals surface area contributed by atoms with Gasteiger partial charge in [0.1, 0.15) is 0 Å². The summed E-state index contributed by atoms with van der Waals surface area (Å²) in [5.41, 5.74) is 2.98. The average molecular weight is 289 g/mol. The minimum atomic E-state index is -0.0504. The van der Waals surface area contributed by atoms with E-state index in [1.807, 2.05) is 37.3 Å². The number of aliphatic hydroxyl groups excluding tert-OH is 1. The molecule has 1 aromatic carbocycles. The predicted molar refractivity (Wildman–Crippen MR) is 82.0 cm³/mol. The van der Waals surface area contributed by atoms with Gasteiger partial charge in [0, 0.05) is 11.4 Å². The summed E-state index contributed by atoms with van der Waals surface area (Å²) >= 11 is 1.55. The maximum atomic E-state index is 12.1. The summed E-state index contributed by atoms with van der Waals surface area (Å²) in [6, 6.07) is 9.52. The van der Waals surface area contributed by atoms with E-state index < -0.39 is 0 Å². The first-order valence-corrected chi connectivity index (χ1v) is 7.52. The maximum absolute atomic E-state index is 12.1. The number of thiophene rings is 1. The molecule has 20 heavy (non-hydrogen) atoms. The van der Waals surface area contributed by atoms with Crippen molar-refractivity contribution in [2.75, 3.05) is 0 Å². The highest BCUT2D eigenvalue weighted by molar-refractivity contribution is 7.14. The van der Waals surface area contributed by atoms with E-state index in [9.17, 15) is 9.90 Å². The summed E-state index contributed by atoms with van der Waals surface area (Å²) in [7, 11) is 0. The van der Waals surface area contributed by atoms with Gasteiger partial charge in [-0.25, -0.2) is 0 Å². The highest BCUT2D eigenvalue weighted by atomic mass is 32.1. The van der Waals surface area contributed by atoms with Crippen molar-refractivity contribution in [2.24, 2.45) is 0 Å². The molecule has 106 valence electrons. The van der Waals surface area contributed by atoms with Crippen LogP contribution in [0.3, 0.4) is 0 Å². The lowest BCUT2D eigenvalue weighted by molar-refractivity contribution is 0.0954. The monoisotopic (exact) mass is 289 g/mol. The van der Waals surface area contributed by atoms with Crippen LogP contribution in [0.25, 0.3) is 0 Å². The van der Waals surface area contributed by atoms with Crippen molar-refractivity contribution >= 4 is 17.2 Å². The first-order chi connectivity index (χ1) is 9.65. The van der Waals surface area contributed by atoms with Crippen LogP contribution in [-0.2, 0) is 19.6 Å². The Kier molecular flexibility index (Phi) is 4.93. The van der Waals surface area contributed by atoms with Crippen molar-refractivity contribution in [3.63, 3.8) is 0 Å². The Morgan fingerprint density at radius 3 is 2.60 bits per heavy atom. The molecule has 1 amide bonds. The van der Waals surface area contributed by atoms with Gasteiger partial charge >= 0.3 is 0 Å². The molecule has 3 nitrogen and oxygen atoms in total. The quantitative estimate of drug-likeness (QED) is 0.889. The van der Waals surface area contributed by atoms with E-state index in [-0.39, 0.29) is 12.5 Å². The van der Waals surface area contributed by atoms with Gasteiger partial charge in [-0.15, -0.1) is 11.3 Å². The Balaban J connectivity index is 2.04. The molecule has 1 heterocycles. The predicted octanol–water partition coefficient (Wildman–Crippen LogP) is 3.04. The average Bonchev–Trinajstić information content (AvgIpc) is 2.86. The zero-order chi connectivity index (χ0) is 14.5. The van der Waals surface area contributed by atoms with Crippen LogP contribution in [0.4, 0.5) is 0 Å². The molecule has 0 saturated heterocycles.